The van der Waals surface area contributed by atoms with Crippen molar-refractivity contribution in [1.82, 2.24) is 9.97 Å². The van der Waals surface area contributed by atoms with Crippen molar-refractivity contribution in [3.05, 3.63) is 64.2 Å². The van der Waals surface area contributed by atoms with Crippen LogP contribution in [0.5, 0.6) is 0 Å². The minimum Gasteiger partial charge on any atom is -0.333 e. The molecule has 0 aliphatic heterocycles. The van der Waals surface area contributed by atoms with Crippen molar-refractivity contribution in [3.8, 4) is 0 Å². The molecule has 3 aromatic rings. The number of nitrogens with one attached hydrogen (secondary N) is 1. The molecular weight excluding hydrogens is 302 g/mol. The number of H-pyrrole nitrogens is 1. The third kappa shape index (κ3) is 2.99. The van der Waals surface area contributed by atoms with Gasteiger partial charge in [-0.05, 0) is 6.07 Å². The summed E-state index contributed by atoms with van der Waals surface area (Å²) in [6.45, 7) is 0. The summed E-state index contributed by atoms with van der Waals surface area (Å²) in [6, 6.07) is 13.5. The number of nitro benzene ring substituents is 1. The van der Waals surface area contributed by atoms with Crippen LogP contribution in [-0.2, 0) is 0 Å². The van der Waals surface area contributed by atoms with Gasteiger partial charge >= 0.3 is 0 Å². The Bertz CT molecular complexity index is 846. The number of rotatable bonds is 5. The number of hydrogen-bond donors (Lipinski definition) is 1. The lowest BCUT2D eigenvalue weighted by atomic mass is 10.2. The summed E-state index contributed by atoms with van der Waals surface area (Å²) >= 11 is 1.28. The summed E-state index contributed by atoms with van der Waals surface area (Å²) in [5.41, 5.74) is 1.89. The molecule has 7 heteroatoms. The van der Waals surface area contributed by atoms with E-state index in [1.807, 2.05) is 18.2 Å². The van der Waals surface area contributed by atoms with Crippen LogP contribution in [0.2, 0.25) is 0 Å². The van der Waals surface area contributed by atoms with Crippen molar-refractivity contribution in [3.63, 3.8) is 0 Å². The maximum atomic E-state index is 12.0. The number of thioether (sulfide) groups is 1. The second-order valence-corrected chi connectivity index (χ2v) is 5.54. The van der Waals surface area contributed by atoms with Crippen LogP contribution < -0.4 is 0 Å². The standard InChI is InChI=1S/C15H11N3O3S/c19-14(10-4-2-1-3-5-10)9-22-15-16-12-7-6-11(18(20)21)8-13(12)17-15/h1-8H,9H2,(H,16,17). The third-order valence-electron chi connectivity index (χ3n) is 3.09. The molecule has 0 saturated heterocycles. The maximum absolute atomic E-state index is 12.0. The molecule has 1 aromatic heterocycles. The summed E-state index contributed by atoms with van der Waals surface area (Å²) in [5.74, 6) is 0.267. The molecule has 6 nitrogen and oxygen atoms in total. The van der Waals surface area contributed by atoms with E-state index >= 15 is 0 Å². The molecular formula is C15H11N3O3S. The zero-order chi connectivity index (χ0) is 15.5. The van der Waals surface area contributed by atoms with Gasteiger partial charge in [0.15, 0.2) is 10.9 Å². The number of nitro groups is 1. The third-order valence-corrected chi connectivity index (χ3v) is 3.96. The molecule has 0 unspecified atom stereocenters. The molecule has 1 heterocycles. The number of hydrogen-bond acceptors (Lipinski definition) is 5. The van der Waals surface area contributed by atoms with Gasteiger partial charge in [-0.3, -0.25) is 14.9 Å². The van der Waals surface area contributed by atoms with E-state index in [4.69, 9.17) is 0 Å². The van der Waals surface area contributed by atoms with Gasteiger partial charge in [-0.15, -0.1) is 0 Å². The van der Waals surface area contributed by atoms with Crippen LogP contribution in [0.15, 0.2) is 53.7 Å². The van der Waals surface area contributed by atoms with E-state index in [9.17, 15) is 14.9 Å². The fraction of sp³-hybridized carbons (Fsp3) is 0.0667. The number of imidazole rings is 1. The summed E-state index contributed by atoms with van der Waals surface area (Å²) in [5, 5.41) is 11.3. The Hall–Kier alpha value is -2.67. The molecule has 0 atom stereocenters. The molecule has 0 spiro atoms. The number of benzene rings is 2. The van der Waals surface area contributed by atoms with Crippen LogP contribution in [0.1, 0.15) is 10.4 Å². The largest absolute Gasteiger partial charge is 0.333 e. The molecule has 3 rings (SSSR count). The van der Waals surface area contributed by atoms with Gasteiger partial charge < -0.3 is 4.98 Å². The first kappa shape index (κ1) is 14.3. The molecule has 0 aliphatic carbocycles. The van der Waals surface area contributed by atoms with Crippen LogP contribution in [0.25, 0.3) is 11.0 Å². The second-order valence-electron chi connectivity index (χ2n) is 4.58. The highest BCUT2D eigenvalue weighted by atomic mass is 32.2. The van der Waals surface area contributed by atoms with Crippen LogP contribution in [0.3, 0.4) is 0 Å². The Morgan fingerprint density at radius 3 is 2.73 bits per heavy atom. The first-order valence-corrected chi connectivity index (χ1v) is 7.47. The van der Waals surface area contributed by atoms with Gasteiger partial charge in [0.25, 0.3) is 5.69 Å². The topological polar surface area (TPSA) is 88.9 Å². The van der Waals surface area contributed by atoms with Gasteiger partial charge in [-0.1, -0.05) is 42.1 Å². The van der Waals surface area contributed by atoms with Crippen molar-refractivity contribution < 1.29 is 9.72 Å². The van der Waals surface area contributed by atoms with E-state index in [1.54, 1.807) is 18.2 Å². The summed E-state index contributed by atoms with van der Waals surface area (Å²) in [6.07, 6.45) is 0. The van der Waals surface area contributed by atoms with Crippen molar-refractivity contribution in [2.45, 2.75) is 5.16 Å². The number of aromatic amines is 1. The van der Waals surface area contributed by atoms with Gasteiger partial charge in [-0.25, -0.2) is 4.98 Å². The summed E-state index contributed by atoms with van der Waals surface area (Å²) in [4.78, 5) is 29.6. The molecule has 0 radical (unpaired) electrons. The molecule has 0 aliphatic rings. The van der Waals surface area contributed by atoms with Crippen molar-refractivity contribution in [2.24, 2.45) is 0 Å². The van der Waals surface area contributed by atoms with E-state index in [0.29, 0.717) is 21.8 Å². The lowest BCUT2D eigenvalue weighted by Crippen LogP contribution is -2.01. The van der Waals surface area contributed by atoms with Crippen LogP contribution in [-0.4, -0.2) is 26.4 Å². The first-order chi connectivity index (χ1) is 10.6. The molecule has 1 N–H and O–H groups in total. The van der Waals surface area contributed by atoms with Gasteiger partial charge in [0, 0.05) is 17.7 Å². The van der Waals surface area contributed by atoms with E-state index in [-0.39, 0.29) is 17.2 Å². The monoisotopic (exact) mass is 313 g/mol. The molecule has 0 amide bonds. The number of carbonyl (C=O) groups is 1. The average molecular weight is 313 g/mol. The normalized spacial score (nSPS) is 10.7. The number of nitrogens with zero attached hydrogens (tertiary/aromatic N) is 2. The minimum absolute atomic E-state index is 0.00746. The number of non-ortho nitro benzene ring substituents is 1. The van der Waals surface area contributed by atoms with Gasteiger partial charge in [-0.2, -0.15) is 0 Å². The molecule has 0 fully saturated rings. The highest BCUT2D eigenvalue weighted by Crippen LogP contribution is 2.23. The quantitative estimate of drug-likeness (QED) is 0.337. The number of ketones is 1. The van der Waals surface area contributed by atoms with Crippen LogP contribution in [0, 0.1) is 10.1 Å². The second kappa shape index (κ2) is 5.98. The Morgan fingerprint density at radius 1 is 1.23 bits per heavy atom. The lowest BCUT2D eigenvalue weighted by Gasteiger charge is -1.98. The Kier molecular flexibility index (Phi) is 3.88. The maximum Gasteiger partial charge on any atom is 0.271 e. The number of aromatic nitrogens is 2. The van der Waals surface area contributed by atoms with Crippen molar-refractivity contribution >= 4 is 34.3 Å². The molecule has 110 valence electrons. The fourth-order valence-electron chi connectivity index (χ4n) is 2.00. The predicted octanol–water partition coefficient (Wildman–Crippen LogP) is 3.45. The molecule has 0 saturated carbocycles. The number of carbonyl (C=O) groups excluding carboxylic acids is 1. The fourth-order valence-corrected chi connectivity index (χ4v) is 2.78. The van der Waals surface area contributed by atoms with E-state index < -0.39 is 4.92 Å². The Balaban J connectivity index is 1.74. The first-order valence-electron chi connectivity index (χ1n) is 6.49. The zero-order valence-corrected chi connectivity index (χ0v) is 12.2. The SMILES string of the molecule is O=C(CSc1nc2ccc([N+](=O)[O-])cc2[nH]1)c1ccccc1. The minimum atomic E-state index is -0.452. The van der Waals surface area contributed by atoms with E-state index in [1.165, 1.54) is 23.9 Å². The number of Topliss-reactive ketones (excluding diaryl/α,β-unsaturated/α-hetero) is 1. The van der Waals surface area contributed by atoms with Gasteiger partial charge in [0.1, 0.15) is 0 Å². The van der Waals surface area contributed by atoms with Crippen molar-refractivity contribution in [2.75, 3.05) is 5.75 Å². The Labute approximate surface area is 129 Å². The van der Waals surface area contributed by atoms with Crippen molar-refractivity contribution in [1.29, 1.82) is 0 Å². The molecule has 2 aromatic carbocycles. The molecule has 22 heavy (non-hydrogen) atoms. The van der Waals surface area contributed by atoms with Crippen LogP contribution in [0.4, 0.5) is 5.69 Å². The van der Waals surface area contributed by atoms with Crippen LogP contribution >= 0.6 is 11.8 Å². The highest BCUT2D eigenvalue weighted by Gasteiger charge is 2.11. The smallest absolute Gasteiger partial charge is 0.271 e. The van der Waals surface area contributed by atoms with Gasteiger partial charge in [0.05, 0.1) is 21.7 Å². The predicted molar refractivity (Wildman–Crippen MR) is 84.2 cm³/mol. The summed E-state index contributed by atoms with van der Waals surface area (Å²) < 4.78 is 0. The lowest BCUT2D eigenvalue weighted by molar-refractivity contribution is -0.384. The van der Waals surface area contributed by atoms with E-state index in [2.05, 4.69) is 9.97 Å². The summed E-state index contributed by atoms with van der Waals surface area (Å²) in [7, 11) is 0. The van der Waals surface area contributed by atoms with Gasteiger partial charge in [0.2, 0.25) is 0 Å². The van der Waals surface area contributed by atoms with E-state index in [0.717, 1.165) is 0 Å². The average Bonchev–Trinajstić information content (AvgIpc) is 2.95. The zero-order valence-electron chi connectivity index (χ0n) is 11.4. The Morgan fingerprint density at radius 2 is 2.00 bits per heavy atom. The molecule has 0 bridgehead atoms. The number of fused-ring (bicyclic) bond motifs is 1. The highest BCUT2D eigenvalue weighted by molar-refractivity contribution is 7.99.